The molecule has 0 radical (unpaired) electrons. The van der Waals surface area contributed by atoms with Gasteiger partial charge in [-0.05, 0) is 28.8 Å². The van der Waals surface area contributed by atoms with Gasteiger partial charge in [0.05, 0.1) is 12.7 Å². The molecule has 1 aliphatic heterocycles. The number of rotatable bonds is 3. The Labute approximate surface area is 92.8 Å². The topological polar surface area (TPSA) is 35.2 Å². The molecular formula is C10H15NOS2. The lowest BCUT2D eigenvalue weighted by Crippen LogP contribution is -2.42. The van der Waals surface area contributed by atoms with Crippen molar-refractivity contribution in [1.82, 2.24) is 0 Å². The number of nitrogens with two attached hydrogens (primary N) is 1. The third-order valence-corrected chi connectivity index (χ3v) is 4.12. The van der Waals surface area contributed by atoms with Crippen LogP contribution in [0.2, 0.25) is 0 Å². The minimum Gasteiger partial charge on any atom is -0.375 e. The number of hydrogen-bond acceptors (Lipinski definition) is 4. The summed E-state index contributed by atoms with van der Waals surface area (Å²) in [6.45, 7) is 0.854. The summed E-state index contributed by atoms with van der Waals surface area (Å²) < 4.78 is 5.65. The highest BCUT2D eigenvalue weighted by atomic mass is 32.2. The molecule has 1 aromatic rings. The molecule has 1 saturated heterocycles. The van der Waals surface area contributed by atoms with Gasteiger partial charge in [0, 0.05) is 17.5 Å². The fraction of sp³-hybridized carbons (Fsp3) is 0.600. The zero-order valence-electron chi connectivity index (χ0n) is 8.02. The smallest absolute Gasteiger partial charge is 0.0819 e. The van der Waals surface area contributed by atoms with E-state index < -0.39 is 0 Å². The quantitative estimate of drug-likeness (QED) is 0.857. The molecule has 0 amide bonds. The second-order valence-electron chi connectivity index (χ2n) is 3.48. The van der Waals surface area contributed by atoms with Crippen LogP contribution in [0.3, 0.4) is 0 Å². The molecule has 2 N–H and O–H groups in total. The average Bonchev–Trinajstić information content (AvgIpc) is 2.72. The summed E-state index contributed by atoms with van der Waals surface area (Å²) >= 11 is 3.67. The minimum atomic E-state index is 0.150. The van der Waals surface area contributed by atoms with E-state index in [2.05, 4.69) is 16.8 Å². The SMILES string of the molecule is NC(Cc1ccsc1)C1CSCCO1. The molecule has 1 aliphatic rings. The Morgan fingerprint density at radius 3 is 3.21 bits per heavy atom. The third-order valence-electron chi connectivity index (χ3n) is 2.37. The normalized spacial score (nSPS) is 24.8. The van der Waals surface area contributed by atoms with Crippen molar-refractivity contribution in [3.05, 3.63) is 22.4 Å². The van der Waals surface area contributed by atoms with Crippen LogP contribution in [0.5, 0.6) is 0 Å². The van der Waals surface area contributed by atoms with Crippen molar-refractivity contribution in [2.24, 2.45) is 5.73 Å². The van der Waals surface area contributed by atoms with Crippen molar-refractivity contribution in [1.29, 1.82) is 0 Å². The molecule has 2 unspecified atom stereocenters. The largest absolute Gasteiger partial charge is 0.375 e. The number of thioether (sulfide) groups is 1. The maximum Gasteiger partial charge on any atom is 0.0819 e. The Kier molecular flexibility index (Phi) is 3.87. The van der Waals surface area contributed by atoms with E-state index in [1.165, 1.54) is 5.56 Å². The average molecular weight is 229 g/mol. The van der Waals surface area contributed by atoms with Gasteiger partial charge in [-0.3, -0.25) is 0 Å². The zero-order valence-corrected chi connectivity index (χ0v) is 9.65. The van der Waals surface area contributed by atoms with Crippen LogP contribution < -0.4 is 5.73 Å². The molecule has 1 aromatic heterocycles. The van der Waals surface area contributed by atoms with Crippen molar-refractivity contribution >= 4 is 23.1 Å². The minimum absolute atomic E-state index is 0.150. The molecule has 2 nitrogen and oxygen atoms in total. The molecule has 0 bridgehead atoms. The highest BCUT2D eigenvalue weighted by Gasteiger charge is 2.21. The first-order valence-electron chi connectivity index (χ1n) is 4.82. The molecule has 0 spiro atoms. The maximum absolute atomic E-state index is 6.11. The second kappa shape index (κ2) is 5.16. The zero-order chi connectivity index (χ0) is 9.80. The summed E-state index contributed by atoms with van der Waals surface area (Å²) in [6.07, 6.45) is 1.18. The van der Waals surface area contributed by atoms with Crippen LogP contribution in [0.4, 0.5) is 0 Å². The molecule has 0 aliphatic carbocycles. The van der Waals surface area contributed by atoms with Crippen molar-refractivity contribution in [3.63, 3.8) is 0 Å². The summed E-state index contributed by atoms with van der Waals surface area (Å²) in [5, 5.41) is 4.26. The Balaban J connectivity index is 1.85. The molecule has 2 rings (SSSR count). The summed E-state index contributed by atoms with van der Waals surface area (Å²) in [5.41, 5.74) is 7.44. The standard InChI is InChI=1S/C10H15NOS2/c11-9(5-8-1-3-13-6-8)10-7-14-4-2-12-10/h1,3,6,9-10H,2,4-5,7,11H2. The van der Waals surface area contributed by atoms with E-state index in [9.17, 15) is 0 Å². The van der Waals surface area contributed by atoms with Crippen molar-refractivity contribution in [3.8, 4) is 0 Å². The Morgan fingerprint density at radius 2 is 2.57 bits per heavy atom. The molecule has 2 heterocycles. The predicted molar refractivity (Wildman–Crippen MR) is 63.1 cm³/mol. The van der Waals surface area contributed by atoms with E-state index in [0.29, 0.717) is 0 Å². The lowest BCUT2D eigenvalue weighted by molar-refractivity contribution is 0.0572. The third kappa shape index (κ3) is 2.73. The van der Waals surface area contributed by atoms with Gasteiger partial charge >= 0.3 is 0 Å². The van der Waals surface area contributed by atoms with Crippen LogP contribution in [0.25, 0.3) is 0 Å². The van der Waals surface area contributed by atoms with Crippen molar-refractivity contribution in [2.45, 2.75) is 18.6 Å². The summed E-state index contributed by atoms with van der Waals surface area (Å²) in [5.74, 6) is 2.16. The molecule has 2 atom stereocenters. The van der Waals surface area contributed by atoms with Gasteiger partial charge in [-0.1, -0.05) is 0 Å². The van der Waals surface area contributed by atoms with E-state index in [4.69, 9.17) is 10.5 Å². The van der Waals surface area contributed by atoms with E-state index in [-0.39, 0.29) is 12.1 Å². The van der Waals surface area contributed by atoms with Gasteiger partial charge in [0.25, 0.3) is 0 Å². The van der Waals surface area contributed by atoms with Crippen LogP contribution in [0.15, 0.2) is 16.8 Å². The predicted octanol–water partition coefficient (Wildman–Crippen LogP) is 1.75. The van der Waals surface area contributed by atoms with Gasteiger partial charge in [0.2, 0.25) is 0 Å². The Morgan fingerprint density at radius 1 is 1.64 bits per heavy atom. The van der Waals surface area contributed by atoms with Crippen LogP contribution >= 0.6 is 23.1 Å². The van der Waals surface area contributed by atoms with E-state index in [1.54, 1.807) is 11.3 Å². The summed E-state index contributed by atoms with van der Waals surface area (Å²) in [4.78, 5) is 0. The van der Waals surface area contributed by atoms with Gasteiger partial charge in [0.15, 0.2) is 0 Å². The Bertz CT molecular complexity index is 257. The molecule has 14 heavy (non-hydrogen) atoms. The summed E-state index contributed by atoms with van der Waals surface area (Å²) in [6, 6.07) is 2.29. The van der Waals surface area contributed by atoms with Gasteiger partial charge in [-0.15, -0.1) is 0 Å². The molecule has 78 valence electrons. The molecule has 1 fully saturated rings. The monoisotopic (exact) mass is 229 g/mol. The van der Waals surface area contributed by atoms with Crippen LogP contribution in [-0.4, -0.2) is 30.3 Å². The molecule has 0 aromatic carbocycles. The maximum atomic E-state index is 6.11. The highest BCUT2D eigenvalue weighted by molar-refractivity contribution is 7.99. The lowest BCUT2D eigenvalue weighted by atomic mass is 10.1. The van der Waals surface area contributed by atoms with Gasteiger partial charge in [-0.2, -0.15) is 23.1 Å². The van der Waals surface area contributed by atoms with Crippen molar-refractivity contribution < 1.29 is 4.74 Å². The van der Waals surface area contributed by atoms with Gasteiger partial charge < -0.3 is 10.5 Å². The number of thiophene rings is 1. The van der Waals surface area contributed by atoms with E-state index >= 15 is 0 Å². The van der Waals surface area contributed by atoms with E-state index in [0.717, 1.165) is 24.5 Å². The molecule has 0 saturated carbocycles. The van der Waals surface area contributed by atoms with E-state index in [1.807, 2.05) is 11.8 Å². The first-order valence-corrected chi connectivity index (χ1v) is 6.92. The summed E-state index contributed by atoms with van der Waals surface area (Å²) in [7, 11) is 0. The second-order valence-corrected chi connectivity index (χ2v) is 5.41. The first kappa shape index (κ1) is 10.5. The van der Waals surface area contributed by atoms with Gasteiger partial charge in [0.1, 0.15) is 0 Å². The van der Waals surface area contributed by atoms with Crippen LogP contribution in [0.1, 0.15) is 5.56 Å². The highest BCUT2D eigenvalue weighted by Crippen LogP contribution is 2.17. The molecule has 4 heteroatoms. The first-order chi connectivity index (χ1) is 6.86. The number of ether oxygens (including phenoxy) is 1. The number of hydrogen-bond donors (Lipinski definition) is 1. The van der Waals surface area contributed by atoms with Crippen LogP contribution in [-0.2, 0) is 11.2 Å². The van der Waals surface area contributed by atoms with Crippen molar-refractivity contribution in [2.75, 3.05) is 18.1 Å². The van der Waals surface area contributed by atoms with Crippen LogP contribution in [0, 0.1) is 0 Å². The molecular weight excluding hydrogens is 214 g/mol. The fourth-order valence-electron chi connectivity index (χ4n) is 1.57. The fourth-order valence-corrected chi connectivity index (χ4v) is 3.20. The lowest BCUT2D eigenvalue weighted by Gasteiger charge is -2.27. The Hall–Kier alpha value is -0.0300. The van der Waals surface area contributed by atoms with Gasteiger partial charge in [-0.25, -0.2) is 0 Å².